The molecule has 1 aliphatic rings. The lowest BCUT2D eigenvalue weighted by Gasteiger charge is -2.17. The lowest BCUT2D eigenvalue weighted by molar-refractivity contribution is -0.0566. The number of halogens is 2. The first-order chi connectivity index (χ1) is 8.88. The van der Waals surface area contributed by atoms with Gasteiger partial charge in [0.25, 0.3) is 5.56 Å². The highest BCUT2D eigenvalue weighted by Gasteiger charge is 2.44. The van der Waals surface area contributed by atoms with Gasteiger partial charge in [-0.25, -0.2) is 4.79 Å². The molecule has 1 aliphatic heterocycles. The molecule has 0 aliphatic carbocycles. The van der Waals surface area contributed by atoms with Gasteiger partial charge in [0.2, 0.25) is 0 Å². The van der Waals surface area contributed by atoms with E-state index in [4.69, 9.17) is 9.84 Å². The lowest BCUT2D eigenvalue weighted by atomic mass is 10.1. The Morgan fingerprint density at radius 2 is 2.00 bits per heavy atom. The zero-order valence-corrected chi connectivity index (χ0v) is 11.5. The molecule has 3 N–H and O–H groups in total. The molecule has 0 radical (unpaired) electrons. The van der Waals surface area contributed by atoms with Crippen LogP contribution in [0.3, 0.4) is 0 Å². The third-order valence-corrected chi connectivity index (χ3v) is 3.56. The number of ether oxygens (including phenoxy) is 1. The molecule has 0 saturated carbocycles. The molecule has 0 unspecified atom stereocenters. The molecule has 1 saturated heterocycles. The largest absolute Gasteiger partial charge is 0.394 e. The Bertz CT molecular complexity index is 601. The summed E-state index contributed by atoms with van der Waals surface area (Å²) in [6, 6.07) is 0. The molecule has 8 nitrogen and oxygen atoms in total. The van der Waals surface area contributed by atoms with Crippen molar-refractivity contribution >= 4 is 22.6 Å². The normalized spacial score (nSPS) is 30.8. The van der Waals surface area contributed by atoms with Gasteiger partial charge in [0, 0.05) is 6.20 Å². The number of rotatable bonds is 2. The summed E-state index contributed by atoms with van der Waals surface area (Å²) in [5.41, 5.74) is -2.45. The number of aliphatic hydroxyl groups is 3. The van der Waals surface area contributed by atoms with Crippen LogP contribution in [0.25, 0.3) is 0 Å². The molecule has 2 rings (SSSR count). The van der Waals surface area contributed by atoms with Crippen LogP contribution in [0.15, 0.2) is 15.8 Å². The second-order valence-corrected chi connectivity index (χ2v) is 5.14. The molecule has 1 aromatic rings. The molecule has 1 aromatic heterocycles. The molecule has 0 spiro atoms. The van der Waals surface area contributed by atoms with Crippen LogP contribution in [0.5, 0.6) is 0 Å². The van der Waals surface area contributed by atoms with Crippen LogP contribution >= 0.6 is 22.6 Å². The number of aliphatic hydroxyl groups excluding tert-OH is 3. The van der Waals surface area contributed by atoms with Crippen molar-refractivity contribution in [3.8, 4) is 0 Å². The Morgan fingerprint density at radius 3 is 2.53 bits per heavy atom. The van der Waals surface area contributed by atoms with Crippen molar-refractivity contribution in [3.63, 3.8) is 0 Å². The minimum Gasteiger partial charge on any atom is -0.394 e. The topological polar surface area (TPSA) is 114 Å². The van der Waals surface area contributed by atoms with E-state index < -0.39 is 47.2 Å². The standard InChI is InChI=1S/C9H10FIN2O6/c10-13-7(17)3(11)1-12(9(13)18)8-6(16)5(15)4(2-14)19-8/h1,4-6,8,14-16H,2H2/t4-,5-,6-,8-/m1/s1. The Labute approximate surface area is 118 Å². The summed E-state index contributed by atoms with van der Waals surface area (Å²) in [6.45, 7) is -0.574. The molecule has 0 amide bonds. The fraction of sp³-hybridized carbons (Fsp3) is 0.556. The summed E-state index contributed by atoms with van der Waals surface area (Å²) in [6.07, 6.45) is -4.40. The molecule has 106 valence electrons. The van der Waals surface area contributed by atoms with Crippen molar-refractivity contribution in [2.24, 2.45) is 0 Å². The van der Waals surface area contributed by atoms with E-state index in [9.17, 15) is 24.3 Å². The average molecular weight is 388 g/mol. The molecule has 0 bridgehead atoms. The maximum atomic E-state index is 13.3. The minimum atomic E-state index is -1.52. The van der Waals surface area contributed by atoms with Crippen molar-refractivity contribution < 1.29 is 24.5 Å². The van der Waals surface area contributed by atoms with Crippen LogP contribution in [0, 0.1) is 3.57 Å². The number of hydrogen-bond acceptors (Lipinski definition) is 6. The van der Waals surface area contributed by atoms with Gasteiger partial charge in [-0.05, 0) is 22.6 Å². The highest BCUT2D eigenvalue weighted by molar-refractivity contribution is 14.1. The predicted octanol–water partition coefficient (Wildman–Crippen LogP) is -2.04. The Kier molecular flexibility index (Phi) is 4.06. The summed E-state index contributed by atoms with van der Waals surface area (Å²) < 4.78 is 19.0. The van der Waals surface area contributed by atoms with Crippen molar-refractivity contribution in [1.82, 2.24) is 9.36 Å². The van der Waals surface area contributed by atoms with Gasteiger partial charge in [0.1, 0.15) is 18.3 Å². The van der Waals surface area contributed by atoms with Crippen LogP contribution in [0.1, 0.15) is 6.23 Å². The third kappa shape index (κ3) is 2.33. The molecular formula is C9H10FIN2O6. The lowest BCUT2D eigenvalue weighted by Crippen LogP contribution is -2.42. The highest BCUT2D eigenvalue weighted by atomic mass is 127. The first-order valence-electron chi connectivity index (χ1n) is 5.20. The molecular weight excluding hydrogens is 378 g/mol. The monoisotopic (exact) mass is 388 g/mol. The van der Waals surface area contributed by atoms with Crippen molar-refractivity contribution in [1.29, 1.82) is 0 Å². The van der Waals surface area contributed by atoms with E-state index in [1.807, 2.05) is 0 Å². The van der Waals surface area contributed by atoms with E-state index in [1.54, 1.807) is 0 Å². The van der Waals surface area contributed by atoms with E-state index in [0.717, 1.165) is 6.20 Å². The van der Waals surface area contributed by atoms with E-state index >= 15 is 0 Å². The Morgan fingerprint density at radius 1 is 1.37 bits per heavy atom. The van der Waals surface area contributed by atoms with Gasteiger partial charge in [-0.3, -0.25) is 9.36 Å². The van der Waals surface area contributed by atoms with Crippen molar-refractivity contribution in [2.45, 2.75) is 24.5 Å². The summed E-state index contributed by atoms with van der Waals surface area (Å²) in [5, 5.41) is 28.2. The molecule has 10 heteroatoms. The van der Waals surface area contributed by atoms with E-state index in [0.29, 0.717) is 4.57 Å². The second kappa shape index (κ2) is 5.28. The van der Waals surface area contributed by atoms with Gasteiger partial charge in [0.15, 0.2) is 6.23 Å². The summed E-state index contributed by atoms with van der Waals surface area (Å²) in [5.74, 6) is 0. The van der Waals surface area contributed by atoms with Crippen LogP contribution < -0.4 is 11.2 Å². The fourth-order valence-corrected chi connectivity index (χ4v) is 2.32. The van der Waals surface area contributed by atoms with Crippen LogP contribution in [0.2, 0.25) is 0 Å². The summed E-state index contributed by atoms with van der Waals surface area (Å²) >= 11 is 1.52. The second-order valence-electron chi connectivity index (χ2n) is 3.98. The zero-order valence-electron chi connectivity index (χ0n) is 9.31. The summed E-state index contributed by atoms with van der Waals surface area (Å²) in [7, 11) is 0. The third-order valence-electron chi connectivity index (χ3n) is 2.82. The van der Waals surface area contributed by atoms with E-state index in [-0.39, 0.29) is 3.57 Å². The fourth-order valence-electron chi connectivity index (χ4n) is 1.81. The number of aromatic nitrogens is 2. The highest BCUT2D eigenvalue weighted by Crippen LogP contribution is 2.28. The minimum absolute atomic E-state index is 0.0996. The SMILES string of the molecule is O=c1c(I)cn([C@@H]2O[C@H](CO)[C@@H](O)[C@H]2O)c(=O)n1F. The molecule has 1 fully saturated rings. The quantitative estimate of drug-likeness (QED) is 0.504. The maximum absolute atomic E-state index is 13.3. The predicted molar refractivity (Wildman–Crippen MR) is 67.2 cm³/mol. The van der Waals surface area contributed by atoms with Crippen LogP contribution in [-0.2, 0) is 4.74 Å². The van der Waals surface area contributed by atoms with Gasteiger partial charge >= 0.3 is 5.69 Å². The average Bonchev–Trinajstić information content (AvgIpc) is 2.68. The molecule has 19 heavy (non-hydrogen) atoms. The molecule has 0 aromatic carbocycles. The zero-order chi connectivity index (χ0) is 14.3. The first-order valence-corrected chi connectivity index (χ1v) is 6.28. The van der Waals surface area contributed by atoms with Crippen LogP contribution in [-0.4, -0.2) is 49.6 Å². The van der Waals surface area contributed by atoms with Gasteiger partial charge in [-0.1, -0.05) is 9.27 Å². The van der Waals surface area contributed by atoms with Gasteiger partial charge < -0.3 is 20.1 Å². The molecule has 4 atom stereocenters. The number of hydrogen-bond donors (Lipinski definition) is 3. The Hall–Kier alpha value is -0.820. The van der Waals surface area contributed by atoms with Gasteiger partial charge in [0.05, 0.1) is 10.2 Å². The Balaban J connectivity index is 2.50. The summed E-state index contributed by atoms with van der Waals surface area (Å²) in [4.78, 5) is 22.2. The van der Waals surface area contributed by atoms with E-state index in [1.165, 1.54) is 22.6 Å². The smallest absolute Gasteiger partial charge is 0.362 e. The van der Waals surface area contributed by atoms with Crippen LogP contribution in [0.4, 0.5) is 4.48 Å². The maximum Gasteiger partial charge on any atom is 0.362 e. The van der Waals surface area contributed by atoms with E-state index in [2.05, 4.69) is 0 Å². The van der Waals surface area contributed by atoms with Gasteiger partial charge in [-0.15, -0.1) is 0 Å². The van der Waals surface area contributed by atoms with Crippen molar-refractivity contribution in [3.05, 3.63) is 30.6 Å². The molecule has 2 heterocycles. The van der Waals surface area contributed by atoms with Gasteiger partial charge in [-0.2, -0.15) is 0 Å². The van der Waals surface area contributed by atoms with Crippen molar-refractivity contribution in [2.75, 3.05) is 6.61 Å². The number of nitrogens with zero attached hydrogens (tertiary/aromatic N) is 2. The first kappa shape index (κ1) is 14.6.